The lowest BCUT2D eigenvalue weighted by Crippen LogP contribution is -2.39. The standard InChI is InChI=1S/C14H17N3O2/c1-9-4-6-17(12(9)8-18)14(19)11-7-10-3-2-5-15-13(10)16-11/h2-3,5,7,9,12,18H,4,6,8H2,1H3,(H,15,16). The molecule has 5 nitrogen and oxygen atoms in total. The van der Waals surface area contributed by atoms with E-state index in [1.165, 1.54) is 0 Å². The summed E-state index contributed by atoms with van der Waals surface area (Å²) in [5.41, 5.74) is 1.26. The van der Waals surface area contributed by atoms with Gasteiger partial charge in [0.25, 0.3) is 5.91 Å². The second-order valence-electron chi connectivity index (χ2n) is 5.14. The van der Waals surface area contributed by atoms with Crippen molar-refractivity contribution in [2.75, 3.05) is 13.2 Å². The molecule has 2 atom stereocenters. The minimum atomic E-state index is -0.0770. The molecule has 1 aliphatic heterocycles. The van der Waals surface area contributed by atoms with Crippen LogP contribution in [0.5, 0.6) is 0 Å². The molecule has 1 saturated heterocycles. The number of nitrogens with one attached hydrogen (secondary N) is 1. The first-order chi connectivity index (χ1) is 9.20. The van der Waals surface area contributed by atoms with Crippen molar-refractivity contribution < 1.29 is 9.90 Å². The van der Waals surface area contributed by atoms with Gasteiger partial charge in [-0.3, -0.25) is 4.79 Å². The van der Waals surface area contributed by atoms with Gasteiger partial charge in [-0.2, -0.15) is 0 Å². The van der Waals surface area contributed by atoms with Crippen LogP contribution in [-0.4, -0.2) is 45.1 Å². The number of pyridine rings is 1. The number of carbonyl (C=O) groups excluding carboxylic acids is 1. The summed E-state index contributed by atoms with van der Waals surface area (Å²) in [4.78, 5) is 21.5. The van der Waals surface area contributed by atoms with Crippen molar-refractivity contribution in [2.45, 2.75) is 19.4 Å². The van der Waals surface area contributed by atoms with Crippen LogP contribution in [0.25, 0.3) is 11.0 Å². The van der Waals surface area contributed by atoms with Crippen LogP contribution < -0.4 is 0 Å². The summed E-state index contributed by atoms with van der Waals surface area (Å²) < 4.78 is 0. The van der Waals surface area contributed by atoms with Crippen LogP contribution in [0.2, 0.25) is 0 Å². The highest BCUT2D eigenvalue weighted by Gasteiger charge is 2.34. The van der Waals surface area contributed by atoms with Crippen LogP contribution in [0.15, 0.2) is 24.4 Å². The number of aromatic amines is 1. The topological polar surface area (TPSA) is 69.2 Å². The van der Waals surface area contributed by atoms with E-state index < -0.39 is 0 Å². The normalized spacial score (nSPS) is 23.2. The second-order valence-corrected chi connectivity index (χ2v) is 5.14. The molecule has 0 aliphatic carbocycles. The van der Waals surface area contributed by atoms with E-state index in [0.29, 0.717) is 18.2 Å². The third-order valence-corrected chi connectivity index (χ3v) is 3.95. The van der Waals surface area contributed by atoms with Gasteiger partial charge in [-0.25, -0.2) is 4.98 Å². The first kappa shape index (κ1) is 12.2. The molecular formula is C14H17N3O2. The molecule has 0 spiro atoms. The van der Waals surface area contributed by atoms with E-state index in [2.05, 4.69) is 16.9 Å². The fraction of sp³-hybridized carbons (Fsp3) is 0.429. The van der Waals surface area contributed by atoms with E-state index in [4.69, 9.17) is 0 Å². The maximum absolute atomic E-state index is 12.5. The monoisotopic (exact) mass is 259 g/mol. The summed E-state index contributed by atoms with van der Waals surface area (Å²) in [6.07, 6.45) is 2.64. The quantitative estimate of drug-likeness (QED) is 0.856. The number of likely N-dealkylation sites (tertiary alicyclic amines) is 1. The molecule has 1 aliphatic rings. The van der Waals surface area contributed by atoms with Crippen LogP contribution in [-0.2, 0) is 0 Å². The maximum Gasteiger partial charge on any atom is 0.270 e. The van der Waals surface area contributed by atoms with Gasteiger partial charge >= 0.3 is 0 Å². The van der Waals surface area contributed by atoms with E-state index in [0.717, 1.165) is 17.5 Å². The third kappa shape index (κ3) is 2.00. The average Bonchev–Trinajstić information content (AvgIpc) is 3.00. The Kier molecular flexibility index (Phi) is 2.98. The molecule has 0 radical (unpaired) electrons. The fourth-order valence-electron chi connectivity index (χ4n) is 2.77. The zero-order chi connectivity index (χ0) is 13.4. The number of H-pyrrole nitrogens is 1. The summed E-state index contributed by atoms with van der Waals surface area (Å²) in [5, 5.41) is 10.4. The molecule has 3 heterocycles. The molecule has 1 fully saturated rings. The van der Waals surface area contributed by atoms with Gasteiger partial charge in [-0.1, -0.05) is 6.92 Å². The molecule has 2 N–H and O–H groups in total. The Morgan fingerprint density at radius 1 is 1.63 bits per heavy atom. The van der Waals surface area contributed by atoms with Crippen LogP contribution in [0.1, 0.15) is 23.8 Å². The number of nitrogens with zero attached hydrogens (tertiary/aromatic N) is 2. The second kappa shape index (κ2) is 4.66. The molecule has 0 bridgehead atoms. The van der Waals surface area contributed by atoms with Gasteiger partial charge in [0.15, 0.2) is 0 Å². The first-order valence-corrected chi connectivity index (χ1v) is 6.56. The first-order valence-electron chi connectivity index (χ1n) is 6.56. The Labute approximate surface area is 111 Å². The molecule has 5 heteroatoms. The van der Waals surface area contributed by atoms with Gasteiger partial charge < -0.3 is 15.0 Å². The van der Waals surface area contributed by atoms with Crippen molar-refractivity contribution >= 4 is 16.9 Å². The van der Waals surface area contributed by atoms with Crippen molar-refractivity contribution in [2.24, 2.45) is 5.92 Å². The number of aliphatic hydroxyl groups excluding tert-OH is 1. The Hall–Kier alpha value is -1.88. The Morgan fingerprint density at radius 2 is 2.47 bits per heavy atom. The largest absolute Gasteiger partial charge is 0.394 e. The van der Waals surface area contributed by atoms with Gasteiger partial charge in [-0.15, -0.1) is 0 Å². The van der Waals surface area contributed by atoms with E-state index in [1.54, 1.807) is 11.1 Å². The van der Waals surface area contributed by atoms with Crippen LogP contribution >= 0.6 is 0 Å². The number of fused-ring (bicyclic) bond motifs is 1. The lowest BCUT2D eigenvalue weighted by Gasteiger charge is -2.24. The predicted molar refractivity (Wildman–Crippen MR) is 71.8 cm³/mol. The highest BCUT2D eigenvalue weighted by atomic mass is 16.3. The zero-order valence-corrected chi connectivity index (χ0v) is 10.8. The molecule has 2 unspecified atom stereocenters. The Morgan fingerprint density at radius 3 is 3.21 bits per heavy atom. The van der Waals surface area contributed by atoms with Crippen LogP contribution in [0, 0.1) is 5.92 Å². The van der Waals surface area contributed by atoms with E-state index in [-0.39, 0.29) is 18.6 Å². The van der Waals surface area contributed by atoms with Crippen molar-refractivity contribution in [1.82, 2.24) is 14.9 Å². The minimum Gasteiger partial charge on any atom is -0.394 e. The Balaban J connectivity index is 1.91. The Bertz CT molecular complexity index is 575. The molecule has 1 amide bonds. The van der Waals surface area contributed by atoms with E-state index in [9.17, 15) is 9.90 Å². The maximum atomic E-state index is 12.5. The number of hydrogen-bond acceptors (Lipinski definition) is 3. The molecule has 3 rings (SSSR count). The molecular weight excluding hydrogens is 242 g/mol. The smallest absolute Gasteiger partial charge is 0.270 e. The molecule has 2 aromatic heterocycles. The molecule has 0 saturated carbocycles. The summed E-state index contributed by atoms with van der Waals surface area (Å²) in [6.45, 7) is 2.79. The van der Waals surface area contributed by atoms with Crippen molar-refractivity contribution in [1.29, 1.82) is 0 Å². The number of rotatable bonds is 2. The number of amides is 1. The van der Waals surface area contributed by atoms with Gasteiger partial charge in [0.05, 0.1) is 12.6 Å². The van der Waals surface area contributed by atoms with Gasteiger partial charge in [0, 0.05) is 18.1 Å². The third-order valence-electron chi connectivity index (χ3n) is 3.95. The summed E-state index contributed by atoms with van der Waals surface area (Å²) in [6, 6.07) is 5.51. The lowest BCUT2D eigenvalue weighted by molar-refractivity contribution is 0.0643. The molecule has 2 aromatic rings. The highest BCUT2D eigenvalue weighted by Crippen LogP contribution is 2.25. The van der Waals surface area contributed by atoms with Crippen LogP contribution in [0.3, 0.4) is 0 Å². The minimum absolute atomic E-state index is 0.0192. The summed E-state index contributed by atoms with van der Waals surface area (Å²) in [7, 11) is 0. The average molecular weight is 259 g/mol. The fourth-order valence-corrected chi connectivity index (χ4v) is 2.77. The van der Waals surface area contributed by atoms with Gasteiger partial charge in [0.1, 0.15) is 11.3 Å². The van der Waals surface area contributed by atoms with E-state index in [1.807, 2.05) is 18.2 Å². The number of aromatic nitrogens is 2. The van der Waals surface area contributed by atoms with Crippen molar-refractivity contribution in [3.8, 4) is 0 Å². The summed E-state index contributed by atoms with van der Waals surface area (Å²) >= 11 is 0. The zero-order valence-electron chi connectivity index (χ0n) is 10.8. The predicted octanol–water partition coefficient (Wildman–Crippen LogP) is 1.41. The number of carbonyl (C=O) groups is 1. The van der Waals surface area contributed by atoms with Crippen molar-refractivity contribution in [3.05, 3.63) is 30.1 Å². The van der Waals surface area contributed by atoms with Gasteiger partial charge in [-0.05, 0) is 30.5 Å². The molecule has 19 heavy (non-hydrogen) atoms. The highest BCUT2D eigenvalue weighted by molar-refractivity contribution is 5.97. The SMILES string of the molecule is CC1CCN(C(=O)c2cc3cccnc3[nH]2)C1CO. The summed E-state index contributed by atoms with van der Waals surface area (Å²) in [5.74, 6) is 0.290. The van der Waals surface area contributed by atoms with E-state index >= 15 is 0 Å². The van der Waals surface area contributed by atoms with Gasteiger partial charge in [0.2, 0.25) is 0 Å². The van der Waals surface area contributed by atoms with Crippen LogP contribution in [0.4, 0.5) is 0 Å². The van der Waals surface area contributed by atoms with Crippen molar-refractivity contribution in [3.63, 3.8) is 0 Å². The number of hydrogen-bond donors (Lipinski definition) is 2. The molecule has 100 valence electrons. The molecule has 0 aromatic carbocycles. The number of aliphatic hydroxyl groups is 1. The lowest BCUT2D eigenvalue weighted by atomic mass is 10.0.